The Hall–Kier alpha value is -1.31. The fourth-order valence-electron chi connectivity index (χ4n) is 12.2. The summed E-state index contributed by atoms with van der Waals surface area (Å²) in [7, 11) is 0. The third kappa shape index (κ3) is 9.43. The van der Waals surface area contributed by atoms with E-state index < -0.39 is 0 Å². The van der Waals surface area contributed by atoms with Crippen LogP contribution in [-0.4, -0.2) is 12.1 Å². The Labute approximate surface area is 311 Å². The van der Waals surface area contributed by atoms with E-state index in [1.165, 1.54) is 134 Å². The summed E-state index contributed by atoms with van der Waals surface area (Å²) in [5.74, 6) is 2.28. The predicted octanol–water partition coefficient (Wildman–Crippen LogP) is 15.1. The van der Waals surface area contributed by atoms with E-state index in [2.05, 4.69) is 80.5 Å². The van der Waals surface area contributed by atoms with E-state index in [-0.39, 0.29) is 22.9 Å². The van der Waals surface area contributed by atoms with E-state index in [0.717, 1.165) is 31.1 Å². The largest absolute Gasteiger partial charge is 0.462 e. The summed E-state index contributed by atoms with van der Waals surface area (Å²) in [4.78, 5) is 13.1. The third-order valence-electron chi connectivity index (χ3n) is 15.5. The van der Waals surface area contributed by atoms with Crippen LogP contribution in [0.2, 0.25) is 0 Å². The summed E-state index contributed by atoms with van der Waals surface area (Å²) in [6.07, 6.45) is 37.3. The minimum Gasteiger partial charge on any atom is -0.462 e. The second kappa shape index (κ2) is 18.6. The quantitative estimate of drug-likeness (QED) is 0.0722. The first-order valence-electron chi connectivity index (χ1n) is 22.0. The maximum absolute atomic E-state index is 13.1. The highest BCUT2D eigenvalue weighted by Crippen LogP contribution is 2.72. The van der Waals surface area contributed by atoms with Gasteiger partial charge >= 0.3 is 5.97 Å². The van der Waals surface area contributed by atoms with Crippen molar-refractivity contribution in [2.24, 2.45) is 39.4 Å². The molecule has 0 aromatic carbocycles. The van der Waals surface area contributed by atoms with E-state index in [0.29, 0.717) is 23.2 Å². The number of allylic oxidation sites excluding steroid dienone is 6. The zero-order chi connectivity index (χ0) is 36.4. The fourth-order valence-corrected chi connectivity index (χ4v) is 12.2. The first-order chi connectivity index (χ1) is 23.8. The smallest absolute Gasteiger partial charge is 0.306 e. The van der Waals surface area contributed by atoms with Gasteiger partial charge in [0.15, 0.2) is 0 Å². The van der Waals surface area contributed by atoms with Gasteiger partial charge in [0.05, 0.1) is 0 Å². The van der Waals surface area contributed by atoms with Gasteiger partial charge in [0.1, 0.15) is 6.10 Å². The molecular weight excluding hydrogens is 609 g/mol. The molecule has 4 rings (SSSR count). The number of ether oxygens (including phenoxy) is 1. The average Bonchev–Trinajstić information content (AvgIpc) is 3.35. The van der Waals surface area contributed by atoms with Crippen molar-refractivity contribution in [3.63, 3.8) is 0 Å². The van der Waals surface area contributed by atoms with Crippen molar-refractivity contribution in [3.05, 3.63) is 34.9 Å². The van der Waals surface area contributed by atoms with Crippen LogP contribution in [0, 0.1) is 39.4 Å². The van der Waals surface area contributed by atoms with Gasteiger partial charge in [0.2, 0.25) is 0 Å². The second-order valence-corrected chi connectivity index (χ2v) is 19.4. The molecule has 0 radical (unpaired) electrons. The van der Waals surface area contributed by atoms with Gasteiger partial charge in [0.25, 0.3) is 0 Å². The molecule has 0 N–H and O–H groups in total. The number of fused-ring (bicyclic) bond motifs is 4. The molecule has 4 aliphatic rings. The SMILES string of the molecule is CCCCCCCC/C=C/CCCCCCCC(=O)OC1CC[C@]2(C)C3=C(CCC2C1(C)C)[C@]1(C)CC[C@H]([C@H](C)CCC=C(C)C)[C@@]1(C)CC3. The molecule has 2 heteroatoms. The Balaban J connectivity index is 1.22. The fraction of sp³-hybridized carbons (Fsp3) is 0.854. The first kappa shape index (κ1) is 41.4. The second-order valence-electron chi connectivity index (χ2n) is 19.4. The van der Waals surface area contributed by atoms with Crippen molar-refractivity contribution in [2.75, 3.05) is 0 Å². The lowest BCUT2D eigenvalue weighted by molar-refractivity contribution is -0.170. The van der Waals surface area contributed by atoms with Crippen molar-refractivity contribution < 1.29 is 9.53 Å². The van der Waals surface area contributed by atoms with E-state index >= 15 is 0 Å². The van der Waals surface area contributed by atoms with E-state index in [9.17, 15) is 4.79 Å². The molecule has 0 aromatic heterocycles. The van der Waals surface area contributed by atoms with Crippen molar-refractivity contribution >= 4 is 5.97 Å². The number of carbonyl (C=O) groups excluding carboxylic acids is 1. The number of esters is 1. The molecule has 2 unspecified atom stereocenters. The van der Waals surface area contributed by atoms with Crippen LogP contribution < -0.4 is 0 Å². The Morgan fingerprint density at radius 1 is 0.760 bits per heavy atom. The minimum absolute atomic E-state index is 0.0169. The molecule has 2 nitrogen and oxygen atoms in total. The molecule has 286 valence electrons. The zero-order valence-electron chi connectivity index (χ0n) is 34.8. The maximum atomic E-state index is 13.1. The van der Waals surface area contributed by atoms with Gasteiger partial charge < -0.3 is 4.74 Å². The van der Waals surface area contributed by atoms with Gasteiger partial charge in [-0.1, -0.05) is 135 Å². The summed E-state index contributed by atoms with van der Waals surface area (Å²) in [5, 5.41) is 0. The van der Waals surface area contributed by atoms with Crippen LogP contribution in [0.3, 0.4) is 0 Å². The first-order valence-corrected chi connectivity index (χ1v) is 22.0. The molecule has 4 aliphatic carbocycles. The van der Waals surface area contributed by atoms with E-state index in [1.54, 1.807) is 0 Å². The number of unbranched alkanes of at least 4 members (excludes halogenated alkanes) is 11. The number of carbonyl (C=O) groups is 1. The van der Waals surface area contributed by atoms with Crippen molar-refractivity contribution in [1.29, 1.82) is 0 Å². The lowest BCUT2D eigenvalue weighted by Gasteiger charge is -2.62. The number of hydrogen-bond acceptors (Lipinski definition) is 2. The van der Waals surface area contributed by atoms with Gasteiger partial charge in [-0.15, -0.1) is 0 Å². The van der Waals surface area contributed by atoms with Gasteiger partial charge in [0, 0.05) is 11.8 Å². The Morgan fingerprint density at radius 3 is 2.06 bits per heavy atom. The van der Waals surface area contributed by atoms with Crippen molar-refractivity contribution in [3.8, 4) is 0 Å². The number of hydrogen-bond donors (Lipinski definition) is 0. The number of rotatable bonds is 20. The summed E-state index contributed by atoms with van der Waals surface area (Å²) < 4.78 is 6.38. The van der Waals surface area contributed by atoms with E-state index in [1.807, 2.05) is 11.1 Å². The van der Waals surface area contributed by atoms with Gasteiger partial charge in [-0.05, 0) is 144 Å². The van der Waals surface area contributed by atoms with Crippen molar-refractivity contribution in [2.45, 2.75) is 223 Å². The van der Waals surface area contributed by atoms with Crippen LogP contribution in [-0.2, 0) is 9.53 Å². The van der Waals surface area contributed by atoms with Crippen LogP contribution in [0.5, 0.6) is 0 Å². The van der Waals surface area contributed by atoms with E-state index in [4.69, 9.17) is 4.74 Å². The average molecular weight is 691 g/mol. The summed E-state index contributed by atoms with van der Waals surface area (Å²) in [6, 6.07) is 0. The molecule has 0 bridgehead atoms. The highest BCUT2D eigenvalue weighted by Gasteiger charge is 2.63. The summed E-state index contributed by atoms with van der Waals surface area (Å²) >= 11 is 0. The Bertz CT molecular complexity index is 1170. The lowest BCUT2D eigenvalue weighted by atomic mass is 9.43. The van der Waals surface area contributed by atoms with Crippen LogP contribution >= 0.6 is 0 Å². The molecule has 50 heavy (non-hydrogen) atoms. The summed E-state index contributed by atoms with van der Waals surface area (Å²) in [6.45, 7) is 22.2. The highest BCUT2D eigenvalue weighted by atomic mass is 16.5. The molecule has 0 aliphatic heterocycles. The monoisotopic (exact) mass is 691 g/mol. The van der Waals surface area contributed by atoms with Gasteiger partial charge in [-0.25, -0.2) is 0 Å². The molecular formula is C48H82O2. The Kier molecular flexibility index (Phi) is 15.4. The molecule has 0 spiro atoms. The van der Waals surface area contributed by atoms with Crippen LogP contribution in [0.1, 0.15) is 216 Å². The normalized spacial score (nSPS) is 32.4. The zero-order valence-corrected chi connectivity index (χ0v) is 34.8. The highest BCUT2D eigenvalue weighted by molar-refractivity contribution is 5.69. The predicted molar refractivity (Wildman–Crippen MR) is 216 cm³/mol. The Morgan fingerprint density at radius 2 is 1.40 bits per heavy atom. The van der Waals surface area contributed by atoms with Crippen molar-refractivity contribution in [1.82, 2.24) is 0 Å². The lowest BCUT2D eigenvalue weighted by Crippen LogP contribution is -2.55. The van der Waals surface area contributed by atoms with Crippen LogP contribution in [0.15, 0.2) is 34.9 Å². The van der Waals surface area contributed by atoms with Crippen LogP contribution in [0.25, 0.3) is 0 Å². The van der Waals surface area contributed by atoms with Crippen LogP contribution in [0.4, 0.5) is 0 Å². The minimum atomic E-state index is 0.0169. The molecule has 2 fully saturated rings. The van der Waals surface area contributed by atoms with Gasteiger partial charge in [-0.3, -0.25) is 4.79 Å². The molecule has 0 heterocycles. The molecule has 0 saturated heterocycles. The molecule has 0 amide bonds. The molecule has 7 atom stereocenters. The maximum Gasteiger partial charge on any atom is 0.306 e. The molecule has 0 aromatic rings. The summed E-state index contributed by atoms with van der Waals surface area (Å²) in [5.41, 5.74) is 6.22. The standard InChI is InChI=1S/C48H82O2/c1-10-11-12-13-14-15-16-17-18-19-20-21-22-23-24-28-44(49)50-43-33-34-46(7)40-32-36-47(8)39(38(4)27-25-26-37(2)3)31-35-48(47,9)41(40)29-30-42(46)45(43,5)6/h17-18,26,38-39,42-43H,10-16,19-25,27-36H2,1-9H3/b18-17+/t38-,39-,42?,43?,46-,47-,48+/m1/s1. The molecule has 2 saturated carbocycles. The van der Waals surface area contributed by atoms with Gasteiger partial charge in [-0.2, -0.15) is 0 Å². The third-order valence-corrected chi connectivity index (χ3v) is 15.5. The topological polar surface area (TPSA) is 26.3 Å².